The number of aromatic nitrogens is 3. The fraction of sp³-hybridized carbons (Fsp3) is 0.300. The first kappa shape index (κ1) is 12.9. The lowest BCUT2D eigenvalue weighted by atomic mass is 10.2. The van der Waals surface area contributed by atoms with E-state index < -0.39 is 17.2 Å². The average molecular weight is 274 g/mol. The maximum atomic E-state index is 12.4. The van der Waals surface area contributed by atoms with E-state index >= 15 is 0 Å². The Morgan fingerprint density at radius 2 is 1.78 bits per heavy atom. The number of hydrogen-bond donors (Lipinski definition) is 1. The first-order valence-electron chi connectivity index (χ1n) is 4.95. The molecule has 96 valence electrons. The highest BCUT2D eigenvalue weighted by Crippen LogP contribution is 2.34. The van der Waals surface area contributed by atoms with Gasteiger partial charge in [0, 0.05) is 23.5 Å². The van der Waals surface area contributed by atoms with Crippen molar-refractivity contribution >= 4 is 11.3 Å². The fourth-order valence-electron chi connectivity index (χ4n) is 1.25. The van der Waals surface area contributed by atoms with E-state index in [4.69, 9.17) is 5.73 Å². The summed E-state index contributed by atoms with van der Waals surface area (Å²) < 4.78 is 37.2. The summed E-state index contributed by atoms with van der Waals surface area (Å²) in [6.45, 7) is 1.81. The summed E-state index contributed by atoms with van der Waals surface area (Å²) in [5, 5.41) is -0.917. The molecule has 4 nitrogen and oxygen atoms in total. The quantitative estimate of drug-likeness (QED) is 0.912. The summed E-state index contributed by atoms with van der Waals surface area (Å²) >= 11 is 0.506. The third-order valence-corrected chi connectivity index (χ3v) is 3.28. The van der Waals surface area contributed by atoms with Crippen molar-refractivity contribution in [3.05, 3.63) is 39.9 Å². The number of nitrogens with zero attached hydrogens (tertiary/aromatic N) is 3. The molecule has 0 saturated heterocycles. The van der Waals surface area contributed by atoms with Crippen LogP contribution in [0.1, 0.15) is 27.3 Å². The summed E-state index contributed by atoms with van der Waals surface area (Å²) in [7, 11) is 0. The molecule has 1 unspecified atom stereocenters. The maximum Gasteiger partial charge on any atom is 0.443 e. The maximum absolute atomic E-state index is 12.4. The summed E-state index contributed by atoms with van der Waals surface area (Å²) in [6.07, 6.45) is -0.208. The molecule has 2 heterocycles. The monoisotopic (exact) mass is 274 g/mol. The lowest BCUT2D eigenvalue weighted by molar-refractivity contribution is -0.137. The van der Waals surface area contributed by atoms with Crippen LogP contribution in [0.2, 0.25) is 0 Å². The predicted octanol–water partition coefficient (Wildman–Crippen LogP) is 2.31. The highest BCUT2D eigenvalue weighted by atomic mass is 32.1. The van der Waals surface area contributed by atoms with Crippen LogP contribution in [-0.4, -0.2) is 15.0 Å². The van der Waals surface area contributed by atoms with Gasteiger partial charge in [-0.3, -0.25) is 0 Å². The number of aryl methyl sites for hydroxylation is 1. The van der Waals surface area contributed by atoms with E-state index in [-0.39, 0.29) is 10.7 Å². The zero-order valence-electron chi connectivity index (χ0n) is 9.27. The second kappa shape index (κ2) is 4.62. The number of rotatable bonds is 2. The van der Waals surface area contributed by atoms with Gasteiger partial charge in [0.1, 0.15) is 11.9 Å². The highest BCUT2D eigenvalue weighted by Gasteiger charge is 2.35. The number of alkyl halides is 3. The van der Waals surface area contributed by atoms with Gasteiger partial charge in [-0.05, 0) is 12.5 Å². The minimum atomic E-state index is -4.45. The molecule has 2 aromatic rings. The minimum Gasteiger partial charge on any atom is -0.317 e. The van der Waals surface area contributed by atoms with Crippen molar-refractivity contribution in [2.45, 2.75) is 19.1 Å². The standard InChI is InChI=1S/C10H9F3N4S/c1-5-2-15-8(16-3-5)7(14)6-4-17-9(18-6)10(11,12)13/h2-4,7H,14H2,1H3. The molecule has 0 amide bonds. The Kier molecular flexibility index (Phi) is 3.31. The molecular weight excluding hydrogens is 265 g/mol. The zero-order chi connectivity index (χ0) is 13.3. The van der Waals surface area contributed by atoms with Crippen molar-refractivity contribution < 1.29 is 13.2 Å². The van der Waals surface area contributed by atoms with Crippen LogP contribution in [0.25, 0.3) is 0 Å². The molecule has 0 spiro atoms. The smallest absolute Gasteiger partial charge is 0.317 e. The Balaban J connectivity index is 2.26. The van der Waals surface area contributed by atoms with Crippen LogP contribution in [0.3, 0.4) is 0 Å². The molecule has 8 heteroatoms. The van der Waals surface area contributed by atoms with Crippen LogP contribution in [0.4, 0.5) is 13.2 Å². The molecule has 0 aliphatic rings. The molecule has 2 rings (SSSR count). The van der Waals surface area contributed by atoms with Gasteiger partial charge in [0.2, 0.25) is 0 Å². The van der Waals surface area contributed by atoms with Crippen LogP contribution in [0.15, 0.2) is 18.6 Å². The largest absolute Gasteiger partial charge is 0.443 e. The van der Waals surface area contributed by atoms with E-state index in [1.54, 1.807) is 12.4 Å². The molecule has 0 saturated carbocycles. The molecule has 0 bridgehead atoms. The van der Waals surface area contributed by atoms with E-state index in [0.717, 1.165) is 11.8 Å². The Morgan fingerprint density at radius 1 is 1.17 bits per heavy atom. The third kappa shape index (κ3) is 2.65. The van der Waals surface area contributed by atoms with Gasteiger partial charge in [-0.1, -0.05) is 0 Å². The van der Waals surface area contributed by atoms with Gasteiger partial charge >= 0.3 is 6.18 Å². The van der Waals surface area contributed by atoms with E-state index in [2.05, 4.69) is 15.0 Å². The first-order chi connectivity index (χ1) is 8.38. The van der Waals surface area contributed by atoms with Gasteiger partial charge in [-0.2, -0.15) is 13.2 Å². The van der Waals surface area contributed by atoms with E-state index in [1.165, 1.54) is 0 Å². The summed E-state index contributed by atoms with van der Waals surface area (Å²) in [6, 6.07) is -0.792. The molecule has 1 atom stereocenters. The molecule has 2 N–H and O–H groups in total. The number of hydrogen-bond acceptors (Lipinski definition) is 5. The number of nitrogens with two attached hydrogens (primary N) is 1. The van der Waals surface area contributed by atoms with Gasteiger partial charge in [0.25, 0.3) is 0 Å². The molecule has 0 aliphatic carbocycles. The number of thiazole rings is 1. The Morgan fingerprint density at radius 3 is 2.28 bits per heavy atom. The van der Waals surface area contributed by atoms with Gasteiger partial charge in [-0.25, -0.2) is 15.0 Å². The van der Waals surface area contributed by atoms with Gasteiger partial charge in [0.05, 0.1) is 0 Å². The first-order valence-corrected chi connectivity index (χ1v) is 5.76. The van der Waals surface area contributed by atoms with E-state index in [0.29, 0.717) is 11.3 Å². The Bertz CT molecular complexity index is 535. The van der Waals surface area contributed by atoms with Crippen LogP contribution in [-0.2, 0) is 6.18 Å². The van der Waals surface area contributed by atoms with Crippen molar-refractivity contribution in [3.63, 3.8) is 0 Å². The average Bonchev–Trinajstić information content (AvgIpc) is 2.78. The van der Waals surface area contributed by atoms with E-state index in [1.807, 2.05) is 6.92 Å². The second-order valence-corrected chi connectivity index (χ2v) is 4.72. The third-order valence-electron chi connectivity index (χ3n) is 2.15. The Hall–Kier alpha value is -1.54. The molecule has 0 fully saturated rings. The fourth-order valence-corrected chi connectivity index (χ4v) is 2.03. The summed E-state index contributed by atoms with van der Waals surface area (Å²) in [4.78, 5) is 11.6. The predicted molar refractivity (Wildman–Crippen MR) is 59.9 cm³/mol. The summed E-state index contributed by atoms with van der Waals surface area (Å²) in [5.41, 5.74) is 6.65. The molecule has 0 aromatic carbocycles. The van der Waals surface area contributed by atoms with Crippen LogP contribution in [0, 0.1) is 6.92 Å². The molecule has 2 aromatic heterocycles. The molecule has 18 heavy (non-hydrogen) atoms. The van der Waals surface area contributed by atoms with Gasteiger partial charge < -0.3 is 5.73 Å². The van der Waals surface area contributed by atoms with Crippen LogP contribution >= 0.6 is 11.3 Å². The zero-order valence-corrected chi connectivity index (χ0v) is 10.1. The Labute approximate surface area is 105 Å². The van der Waals surface area contributed by atoms with Crippen LogP contribution < -0.4 is 5.73 Å². The molecule has 0 radical (unpaired) electrons. The van der Waals surface area contributed by atoms with Crippen molar-refractivity contribution in [2.24, 2.45) is 5.73 Å². The SMILES string of the molecule is Cc1cnc(C(N)c2cnc(C(F)(F)F)s2)nc1. The molecule has 0 aliphatic heterocycles. The number of halogens is 3. The lowest BCUT2D eigenvalue weighted by Gasteiger charge is -2.07. The normalized spacial score (nSPS) is 13.6. The van der Waals surface area contributed by atoms with Crippen LogP contribution in [0.5, 0.6) is 0 Å². The second-order valence-electron chi connectivity index (χ2n) is 3.66. The lowest BCUT2D eigenvalue weighted by Crippen LogP contribution is -2.14. The summed E-state index contributed by atoms with van der Waals surface area (Å²) in [5.74, 6) is 0.276. The van der Waals surface area contributed by atoms with Crippen molar-refractivity contribution in [1.29, 1.82) is 0 Å². The van der Waals surface area contributed by atoms with Crippen molar-refractivity contribution in [2.75, 3.05) is 0 Å². The highest BCUT2D eigenvalue weighted by molar-refractivity contribution is 7.11. The van der Waals surface area contributed by atoms with Crippen molar-refractivity contribution in [3.8, 4) is 0 Å². The minimum absolute atomic E-state index is 0.276. The van der Waals surface area contributed by atoms with Gasteiger partial charge in [-0.15, -0.1) is 11.3 Å². The topological polar surface area (TPSA) is 64.7 Å². The van der Waals surface area contributed by atoms with E-state index in [9.17, 15) is 13.2 Å². The molecular formula is C10H9F3N4S. The van der Waals surface area contributed by atoms with Crippen molar-refractivity contribution in [1.82, 2.24) is 15.0 Å². The van der Waals surface area contributed by atoms with Gasteiger partial charge in [0.15, 0.2) is 5.01 Å².